The highest BCUT2D eigenvalue weighted by molar-refractivity contribution is 9.10. The van der Waals surface area contributed by atoms with E-state index in [1.165, 1.54) is 12.1 Å². The van der Waals surface area contributed by atoms with E-state index < -0.39 is 24.1 Å². The van der Waals surface area contributed by atoms with Gasteiger partial charge in [-0.1, -0.05) is 6.07 Å². The standard InChI is InChI=1S/C12H15BBrFO3/c1-11(2)12(3,4)18-13(17-11)7-5-6-8(16)9(14)10(7)15/h5-6,16H,1-4H3. The van der Waals surface area contributed by atoms with Gasteiger partial charge in [-0.3, -0.25) is 0 Å². The molecule has 2 rings (SSSR count). The molecular formula is C12H15BBrFO3. The minimum absolute atomic E-state index is 0.0229. The van der Waals surface area contributed by atoms with Crippen LogP contribution in [0, 0.1) is 5.82 Å². The van der Waals surface area contributed by atoms with Crippen molar-refractivity contribution in [3.8, 4) is 5.75 Å². The molecule has 0 radical (unpaired) electrons. The molecule has 0 aliphatic carbocycles. The molecule has 0 unspecified atom stereocenters. The number of hydrogen-bond acceptors (Lipinski definition) is 3. The molecule has 1 aromatic rings. The van der Waals surface area contributed by atoms with Gasteiger partial charge in [0.1, 0.15) is 11.6 Å². The van der Waals surface area contributed by atoms with Gasteiger partial charge in [0.2, 0.25) is 0 Å². The van der Waals surface area contributed by atoms with Crippen molar-refractivity contribution >= 4 is 28.5 Å². The highest BCUT2D eigenvalue weighted by Gasteiger charge is 2.52. The Morgan fingerprint density at radius 2 is 1.67 bits per heavy atom. The smallest absolute Gasteiger partial charge is 0.497 e. The fourth-order valence-electron chi connectivity index (χ4n) is 1.71. The van der Waals surface area contributed by atoms with Gasteiger partial charge in [-0.15, -0.1) is 0 Å². The van der Waals surface area contributed by atoms with E-state index in [4.69, 9.17) is 9.31 Å². The Morgan fingerprint density at radius 1 is 1.17 bits per heavy atom. The van der Waals surface area contributed by atoms with Crippen molar-refractivity contribution in [3.63, 3.8) is 0 Å². The average molecular weight is 317 g/mol. The van der Waals surface area contributed by atoms with E-state index in [1.807, 2.05) is 27.7 Å². The fraction of sp³-hybridized carbons (Fsp3) is 0.500. The zero-order valence-corrected chi connectivity index (χ0v) is 12.3. The first-order valence-corrected chi connectivity index (χ1v) is 6.47. The first kappa shape index (κ1) is 13.8. The van der Waals surface area contributed by atoms with Crippen LogP contribution in [0.15, 0.2) is 16.6 Å². The summed E-state index contributed by atoms with van der Waals surface area (Å²) in [4.78, 5) is 0. The second-order valence-corrected chi connectivity index (χ2v) is 6.18. The summed E-state index contributed by atoms with van der Waals surface area (Å²) >= 11 is 3.00. The van der Waals surface area contributed by atoms with Crippen LogP contribution in [0.1, 0.15) is 27.7 Å². The predicted octanol–water partition coefficient (Wildman–Crippen LogP) is 2.59. The van der Waals surface area contributed by atoms with Crippen LogP contribution in [0.5, 0.6) is 5.75 Å². The van der Waals surface area contributed by atoms with Crippen LogP contribution in [-0.4, -0.2) is 23.4 Å². The lowest BCUT2D eigenvalue weighted by Crippen LogP contribution is -2.41. The second kappa shape index (κ2) is 4.22. The van der Waals surface area contributed by atoms with Crippen molar-refractivity contribution in [2.75, 3.05) is 0 Å². The lowest BCUT2D eigenvalue weighted by atomic mass is 9.78. The predicted molar refractivity (Wildman–Crippen MR) is 71.5 cm³/mol. The second-order valence-electron chi connectivity index (χ2n) is 5.39. The average Bonchev–Trinajstić information content (AvgIpc) is 2.45. The van der Waals surface area contributed by atoms with Crippen LogP contribution >= 0.6 is 15.9 Å². The van der Waals surface area contributed by atoms with E-state index in [1.54, 1.807) is 0 Å². The summed E-state index contributed by atoms with van der Waals surface area (Å²) in [6.07, 6.45) is 0. The van der Waals surface area contributed by atoms with Gasteiger partial charge in [-0.2, -0.15) is 0 Å². The number of benzene rings is 1. The summed E-state index contributed by atoms with van der Waals surface area (Å²) in [5.41, 5.74) is -0.763. The van der Waals surface area contributed by atoms with Crippen molar-refractivity contribution in [2.45, 2.75) is 38.9 Å². The van der Waals surface area contributed by atoms with Crippen LogP contribution in [0.4, 0.5) is 4.39 Å². The summed E-state index contributed by atoms with van der Waals surface area (Å²) in [6, 6.07) is 2.88. The Hall–Kier alpha value is -0.585. The lowest BCUT2D eigenvalue weighted by Gasteiger charge is -2.32. The molecular weight excluding hydrogens is 302 g/mol. The summed E-state index contributed by atoms with van der Waals surface area (Å²) in [5, 5.41) is 9.40. The molecule has 1 fully saturated rings. The van der Waals surface area contributed by atoms with E-state index in [0.717, 1.165) is 0 Å². The van der Waals surface area contributed by atoms with Crippen LogP contribution in [0.3, 0.4) is 0 Å². The Bertz CT molecular complexity index is 474. The highest BCUT2D eigenvalue weighted by Crippen LogP contribution is 2.37. The zero-order chi connectivity index (χ0) is 13.7. The molecule has 0 saturated carbocycles. The van der Waals surface area contributed by atoms with Gasteiger partial charge in [0.25, 0.3) is 0 Å². The van der Waals surface area contributed by atoms with Crippen LogP contribution < -0.4 is 5.46 Å². The molecule has 98 valence electrons. The van der Waals surface area contributed by atoms with Crippen molar-refractivity contribution in [3.05, 3.63) is 22.4 Å². The van der Waals surface area contributed by atoms with Gasteiger partial charge in [-0.25, -0.2) is 4.39 Å². The number of hydrogen-bond donors (Lipinski definition) is 1. The van der Waals surface area contributed by atoms with Crippen LogP contribution in [-0.2, 0) is 9.31 Å². The third-order valence-corrected chi connectivity index (χ3v) is 4.35. The monoisotopic (exact) mass is 316 g/mol. The van der Waals surface area contributed by atoms with Crippen molar-refractivity contribution in [2.24, 2.45) is 0 Å². The summed E-state index contributed by atoms with van der Waals surface area (Å²) in [7, 11) is -0.771. The van der Waals surface area contributed by atoms with Crippen molar-refractivity contribution < 1.29 is 18.8 Å². The van der Waals surface area contributed by atoms with Crippen molar-refractivity contribution in [1.82, 2.24) is 0 Å². The maximum absolute atomic E-state index is 14.1. The molecule has 1 N–H and O–H groups in total. The highest BCUT2D eigenvalue weighted by atomic mass is 79.9. The molecule has 1 aliphatic rings. The first-order valence-electron chi connectivity index (χ1n) is 5.68. The molecule has 0 amide bonds. The molecule has 3 nitrogen and oxygen atoms in total. The number of rotatable bonds is 1. The molecule has 1 saturated heterocycles. The molecule has 18 heavy (non-hydrogen) atoms. The zero-order valence-electron chi connectivity index (χ0n) is 10.8. The Morgan fingerprint density at radius 3 is 2.17 bits per heavy atom. The van der Waals surface area contributed by atoms with E-state index >= 15 is 0 Å². The molecule has 1 aromatic carbocycles. The van der Waals surface area contributed by atoms with Gasteiger partial charge >= 0.3 is 7.12 Å². The number of halogens is 2. The quantitative estimate of drug-likeness (QED) is 0.809. The number of phenols is 1. The van der Waals surface area contributed by atoms with Gasteiger partial charge in [0, 0.05) is 5.46 Å². The Balaban J connectivity index is 2.39. The largest absolute Gasteiger partial charge is 0.507 e. The molecule has 0 spiro atoms. The van der Waals surface area contributed by atoms with E-state index in [2.05, 4.69) is 15.9 Å². The lowest BCUT2D eigenvalue weighted by molar-refractivity contribution is 0.00578. The Labute approximate surface area is 115 Å². The minimum Gasteiger partial charge on any atom is -0.507 e. The van der Waals surface area contributed by atoms with Gasteiger partial charge in [-0.05, 0) is 49.7 Å². The molecule has 0 aromatic heterocycles. The molecule has 1 heterocycles. The number of aromatic hydroxyl groups is 1. The molecule has 6 heteroatoms. The summed E-state index contributed by atoms with van der Waals surface area (Å²) in [5.74, 6) is -0.707. The fourth-order valence-corrected chi connectivity index (χ4v) is 2.07. The third-order valence-electron chi connectivity index (χ3n) is 3.60. The normalized spacial score (nSPS) is 21.3. The summed E-state index contributed by atoms with van der Waals surface area (Å²) in [6.45, 7) is 7.61. The van der Waals surface area contributed by atoms with Gasteiger partial charge in [0.05, 0.1) is 15.7 Å². The first-order chi connectivity index (χ1) is 8.16. The van der Waals surface area contributed by atoms with E-state index in [9.17, 15) is 9.50 Å². The van der Waals surface area contributed by atoms with Gasteiger partial charge < -0.3 is 14.4 Å². The van der Waals surface area contributed by atoms with Crippen LogP contribution in [0.25, 0.3) is 0 Å². The topological polar surface area (TPSA) is 38.7 Å². The minimum atomic E-state index is -0.771. The summed E-state index contributed by atoms with van der Waals surface area (Å²) < 4.78 is 25.6. The molecule has 1 aliphatic heterocycles. The van der Waals surface area contributed by atoms with Gasteiger partial charge in [0.15, 0.2) is 0 Å². The number of phenolic OH excluding ortho intramolecular Hbond substituents is 1. The molecule has 0 bridgehead atoms. The maximum Gasteiger partial charge on any atom is 0.497 e. The van der Waals surface area contributed by atoms with E-state index in [-0.39, 0.29) is 15.7 Å². The van der Waals surface area contributed by atoms with Crippen LogP contribution in [0.2, 0.25) is 0 Å². The molecule has 0 atom stereocenters. The van der Waals surface area contributed by atoms with E-state index in [0.29, 0.717) is 0 Å². The third kappa shape index (κ3) is 2.06. The SMILES string of the molecule is CC1(C)OB(c2ccc(O)c(Br)c2F)OC1(C)C. The van der Waals surface area contributed by atoms with Crippen molar-refractivity contribution in [1.29, 1.82) is 0 Å². The maximum atomic E-state index is 14.1. The Kier molecular flexibility index (Phi) is 3.24.